The third kappa shape index (κ3) is 5.28. The van der Waals surface area contributed by atoms with Gasteiger partial charge in [0.2, 0.25) is 5.91 Å². The lowest BCUT2D eigenvalue weighted by Gasteiger charge is -2.21. The second-order valence-electron chi connectivity index (χ2n) is 7.97. The van der Waals surface area contributed by atoms with Crippen molar-refractivity contribution in [3.05, 3.63) is 59.7 Å². The Morgan fingerprint density at radius 2 is 1.53 bits per heavy atom. The Hall–Kier alpha value is -3.35. The minimum atomic E-state index is -1.08. The molecule has 3 N–H and O–H groups in total. The lowest BCUT2D eigenvalue weighted by atomic mass is 9.98. The molecule has 2 atom stereocenters. The maximum atomic E-state index is 12.5. The van der Waals surface area contributed by atoms with E-state index < -0.39 is 30.1 Å². The molecule has 2 amide bonds. The molecule has 170 valence electrons. The molecule has 7 nitrogen and oxygen atoms in total. The average Bonchev–Trinajstić information content (AvgIpc) is 3.12. The number of ether oxygens (including phenoxy) is 1. The lowest BCUT2D eigenvalue weighted by molar-refractivity contribution is -0.142. The van der Waals surface area contributed by atoms with Crippen LogP contribution in [0.3, 0.4) is 0 Å². The third-order valence-corrected chi connectivity index (χ3v) is 5.82. The minimum absolute atomic E-state index is 0.0764. The molecule has 3 rings (SSSR count). The first-order valence-electron chi connectivity index (χ1n) is 11.1. The molecule has 0 radical (unpaired) electrons. The first-order valence-corrected chi connectivity index (χ1v) is 11.1. The van der Waals surface area contributed by atoms with Crippen molar-refractivity contribution in [2.75, 3.05) is 6.61 Å². The molecular weight excluding hydrogens is 408 g/mol. The number of alkyl carbamates (subject to hydrolysis) is 1. The number of carbonyl (C=O) groups is 3. The SMILES string of the molecule is CCCCC(NC(=O)C(CC)NC(=O)OCC1c2ccccc2-c2ccccc21)C(=O)O. The summed E-state index contributed by atoms with van der Waals surface area (Å²) in [6.45, 7) is 3.84. The summed E-state index contributed by atoms with van der Waals surface area (Å²) in [6, 6.07) is 14.3. The monoisotopic (exact) mass is 438 g/mol. The van der Waals surface area contributed by atoms with Gasteiger partial charge in [0, 0.05) is 5.92 Å². The van der Waals surface area contributed by atoms with Crippen LogP contribution in [0.15, 0.2) is 48.5 Å². The van der Waals surface area contributed by atoms with Gasteiger partial charge < -0.3 is 20.5 Å². The molecule has 7 heteroatoms. The lowest BCUT2D eigenvalue weighted by Crippen LogP contribution is -2.51. The Labute approximate surface area is 188 Å². The number of unbranched alkanes of at least 4 members (excludes halogenated alkanes) is 1. The predicted octanol–water partition coefficient (Wildman–Crippen LogP) is 4.06. The number of hydrogen-bond acceptors (Lipinski definition) is 4. The van der Waals surface area contributed by atoms with Gasteiger partial charge in [-0.1, -0.05) is 75.2 Å². The molecule has 2 unspecified atom stereocenters. The zero-order chi connectivity index (χ0) is 23.1. The minimum Gasteiger partial charge on any atom is -0.480 e. The summed E-state index contributed by atoms with van der Waals surface area (Å²) in [5.74, 6) is -1.68. The highest BCUT2D eigenvalue weighted by Gasteiger charge is 2.30. The van der Waals surface area contributed by atoms with Gasteiger partial charge in [-0.15, -0.1) is 0 Å². The van der Waals surface area contributed by atoms with Crippen LogP contribution in [0.4, 0.5) is 4.79 Å². The number of amides is 2. The number of rotatable bonds is 10. The summed E-state index contributed by atoms with van der Waals surface area (Å²) < 4.78 is 5.49. The fourth-order valence-electron chi connectivity index (χ4n) is 4.07. The highest BCUT2D eigenvalue weighted by atomic mass is 16.5. The second kappa shape index (κ2) is 10.8. The van der Waals surface area contributed by atoms with E-state index in [0.29, 0.717) is 19.3 Å². The molecule has 0 heterocycles. The zero-order valence-corrected chi connectivity index (χ0v) is 18.5. The first kappa shape index (κ1) is 23.3. The number of carboxylic acids is 1. The van der Waals surface area contributed by atoms with Gasteiger partial charge in [-0.25, -0.2) is 9.59 Å². The standard InChI is InChI=1S/C25H30N2O5/c1-3-5-14-22(24(29)30)26-23(28)21(4-2)27-25(31)32-15-20-18-12-8-6-10-16(18)17-11-7-9-13-19(17)20/h6-13,20-22H,3-5,14-15H2,1-2H3,(H,26,28)(H,27,31)(H,29,30). The summed E-state index contributed by atoms with van der Waals surface area (Å²) in [6.07, 6.45) is 1.48. The molecule has 0 aliphatic heterocycles. The molecule has 2 aromatic carbocycles. The Balaban J connectivity index is 1.60. The van der Waals surface area contributed by atoms with Crippen molar-refractivity contribution in [1.82, 2.24) is 10.6 Å². The van der Waals surface area contributed by atoms with Crippen molar-refractivity contribution >= 4 is 18.0 Å². The normalized spacial score (nSPS) is 14.1. The molecule has 0 fully saturated rings. The third-order valence-electron chi connectivity index (χ3n) is 5.82. The maximum Gasteiger partial charge on any atom is 0.407 e. The topological polar surface area (TPSA) is 105 Å². The van der Waals surface area contributed by atoms with Gasteiger partial charge in [-0.2, -0.15) is 0 Å². The van der Waals surface area contributed by atoms with Crippen LogP contribution in [-0.2, 0) is 14.3 Å². The van der Waals surface area contributed by atoms with Crippen LogP contribution in [0, 0.1) is 0 Å². The number of hydrogen-bond donors (Lipinski definition) is 3. The van der Waals surface area contributed by atoms with E-state index in [2.05, 4.69) is 22.8 Å². The smallest absolute Gasteiger partial charge is 0.407 e. The quantitative estimate of drug-likeness (QED) is 0.519. The van der Waals surface area contributed by atoms with Gasteiger partial charge in [0.1, 0.15) is 18.7 Å². The number of carbonyl (C=O) groups excluding carboxylic acids is 2. The molecule has 1 aliphatic carbocycles. The van der Waals surface area contributed by atoms with Gasteiger partial charge in [0.15, 0.2) is 0 Å². The molecule has 0 aromatic heterocycles. The number of fused-ring (bicyclic) bond motifs is 3. The van der Waals surface area contributed by atoms with Gasteiger partial charge in [-0.3, -0.25) is 4.79 Å². The van der Waals surface area contributed by atoms with E-state index in [-0.39, 0.29) is 12.5 Å². The average molecular weight is 439 g/mol. The van der Waals surface area contributed by atoms with Gasteiger partial charge in [0.05, 0.1) is 0 Å². The summed E-state index contributed by atoms with van der Waals surface area (Å²) in [7, 11) is 0. The van der Waals surface area contributed by atoms with Crippen molar-refractivity contribution in [3.63, 3.8) is 0 Å². The highest BCUT2D eigenvalue weighted by Crippen LogP contribution is 2.44. The van der Waals surface area contributed by atoms with E-state index in [9.17, 15) is 19.5 Å². The largest absolute Gasteiger partial charge is 0.480 e. The molecule has 0 spiro atoms. The number of nitrogens with one attached hydrogen (secondary N) is 2. The van der Waals surface area contributed by atoms with E-state index in [1.807, 2.05) is 43.3 Å². The van der Waals surface area contributed by atoms with Crippen LogP contribution in [0.25, 0.3) is 11.1 Å². The van der Waals surface area contributed by atoms with Crippen molar-refractivity contribution in [2.45, 2.75) is 57.5 Å². The van der Waals surface area contributed by atoms with Crippen LogP contribution in [-0.4, -0.2) is 41.8 Å². The first-order chi connectivity index (χ1) is 15.5. The Bertz CT molecular complexity index is 929. The fourth-order valence-corrected chi connectivity index (χ4v) is 4.07. The van der Waals surface area contributed by atoms with E-state index in [4.69, 9.17) is 4.74 Å². The molecule has 32 heavy (non-hydrogen) atoms. The maximum absolute atomic E-state index is 12.5. The number of benzene rings is 2. The van der Waals surface area contributed by atoms with Crippen LogP contribution >= 0.6 is 0 Å². The Morgan fingerprint density at radius 1 is 0.938 bits per heavy atom. The summed E-state index contributed by atoms with van der Waals surface area (Å²) in [4.78, 5) is 36.4. The fraction of sp³-hybridized carbons (Fsp3) is 0.400. The Morgan fingerprint density at radius 3 is 2.06 bits per heavy atom. The predicted molar refractivity (Wildman–Crippen MR) is 121 cm³/mol. The van der Waals surface area contributed by atoms with Crippen LogP contribution in [0.2, 0.25) is 0 Å². The van der Waals surface area contributed by atoms with Crippen LogP contribution in [0.1, 0.15) is 56.6 Å². The summed E-state index contributed by atoms with van der Waals surface area (Å²) >= 11 is 0. The molecule has 2 aromatic rings. The van der Waals surface area contributed by atoms with Gasteiger partial charge in [0.25, 0.3) is 0 Å². The number of aliphatic carboxylic acids is 1. The van der Waals surface area contributed by atoms with E-state index in [0.717, 1.165) is 28.7 Å². The number of carboxylic acid groups (broad SMARTS) is 1. The summed E-state index contributed by atoms with van der Waals surface area (Å²) in [5.41, 5.74) is 4.47. The second-order valence-corrected chi connectivity index (χ2v) is 7.97. The molecule has 0 saturated heterocycles. The highest BCUT2D eigenvalue weighted by molar-refractivity contribution is 5.89. The van der Waals surface area contributed by atoms with Crippen molar-refractivity contribution < 1.29 is 24.2 Å². The van der Waals surface area contributed by atoms with Gasteiger partial charge in [-0.05, 0) is 35.1 Å². The molecule has 0 saturated carbocycles. The Kier molecular flexibility index (Phi) is 7.87. The summed E-state index contributed by atoms with van der Waals surface area (Å²) in [5, 5.41) is 14.4. The van der Waals surface area contributed by atoms with E-state index in [1.54, 1.807) is 6.92 Å². The molecule has 1 aliphatic rings. The van der Waals surface area contributed by atoms with E-state index in [1.165, 1.54) is 0 Å². The van der Waals surface area contributed by atoms with Gasteiger partial charge >= 0.3 is 12.1 Å². The van der Waals surface area contributed by atoms with Crippen LogP contribution < -0.4 is 10.6 Å². The van der Waals surface area contributed by atoms with Crippen molar-refractivity contribution in [3.8, 4) is 11.1 Å². The molecule has 0 bridgehead atoms. The zero-order valence-electron chi connectivity index (χ0n) is 18.5. The van der Waals surface area contributed by atoms with Crippen molar-refractivity contribution in [1.29, 1.82) is 0 Å². The van der Waals surface area contributed by atoms with Crippen LogP contribution in [0.5, 0.6) is 0 Å². The van der Waals surface area contributed by atoms with E-state index >= 15 is 0 Å². The van der Waals surface area contributed by atoms with Crippen molar-refractivity contribution in [2.24, 2.45) is 0 Å². The molecular formula is C25H30N2O5.